The van der Waals surface area contributed by atoms with Crippen molar-refractivity contribution in [3.63, 3.8) is 0 Å². The second-order valence-electron chi connectivity index (χ2n) is 4.38. The number of anilines is 1. The van der Waals surface area contributed by atoms with Crippen LogP contribution in [0.3, 0.4) is 0 Å². The van der Waals surface area contributed by atoms with Gasteiger partial charge in [-0.05, 0) is 30.3 Å². The summed E-state index contributed by atoms with van der Waals surface area (Å²) >= 11 is 6.05. The van der Waals surface area contributed by atoms with Gasteiger partial charge in [-0.2, -0.15) is 0 Å². The number of para-hydroxylation sites is 1. The Balaban J connectivity index is 2.31. The maximum atomic E-state index is 6.05. The lowest BCUT2D eigenvalue weighted by molar-refractivity contribution is 0.979. The summed E-state index contributed by atoms with van der Waals surface area (Å²) in [6.45, 7) is 0. The van der Waals surface area contributed by atoms with Gasteiger partial charge in [0.05, 0.1) is 5.69 Å². The molecule has 0 spiro atoms. The summed E-state index contributed by atoms with van der Waals surface area (Å²) in [6.07, 6.45) is 0. The maximum absolute atomic E-state index is 6.05. The van der Waals surface area contributed by atoms with Crippen LogP contribution >= 0.6 is 11.6 Å². The first-order valence-electron chi connectivity index (χ1n) is 5.76. The van der Waals surface area contributed by atoms with Crippen LogP contribution in [-0.2, 0) is 7.05 Å². The molecule has 0 aliphatic rings. The number of fused-ring (bicyclic) bond motifs is 1. The fourth-order valence-electron chi connectivity index (χ4n) is 2.30. The van der Waals surface area contributed by atoms with E-state index < -0.39 is 0 Å². The number of nitrogen functional groups attached to an aromatic ring is 1. The second-order valence-corrected chi connectivity index (χ2v) is 4.82. The number of aromatic nitrogens is 1. The lowest BCUT2D eigenvalue weighted by atomic mass is 10.1. The molecule has 1 aromatic heterocycles. The molecule has 0 saturated heterocycles. The van der Waals surface area contributed by atoms with Crippen molar-refractivity contribution >= 4 is 28.2 Å². The smallest absolute Gasteiger partial charge is 0.0510 e. The predicted octanol–water partition coefficient (Wildman–Crippen LogP) is 4.08. The molecule has 3 rings (SSSR count). The van der Waals surface area contributed by atoms with Gasteiger partial charge in [0.1, 0.15) is 0 Å². The molecule has 0 saturated carbocycles. The zero-order valence-corrected chi connectivity index (χ0v) is 10.8. The minimum atomic E-state index is 0.699. The minimum absolute atomic E-state index is 0.699. The van der Waals surface area contributed by atoms with Crippen LogP contribution in [0.1, 0.15) is 0 Å². The summed E-state index contributed by atoms with van der Waals surface area (Å²) in [6, 6.07) is 16.0. The van der Waals surface area contributed by atoms with Crippen molar-refractivity contribution < 1.29 is 0 Å². The molecule has 0 radical (unpaired) electrons. The predicted molar refractivity (Wildman–Crippen MR) is 77.8 cm³/mol. The van der Waals surface area contributed by atoms with E-state index in [0.29, 0.717) is 5.02 Å². The third kappa shape index (κ3) is 1.66. The summed E-state index contributed by atoms with van der Waals surface area (Å²) in [5.41, 5.74) is 10.0. The van der Waals surface area contributed by atoms with Crippen molar-refractivity contribution in [2.75, 3.05) is 5.73 Å². The van der Waals surface area contributed by atoms with Gasteiger partial charge in [-0.15, -0.1) is 0 Å². The van der Waals surface area contributed by atoms with Gasteiger partial charge in [0.15, 0.2) is 0 Å². The normalized spacial score (nSPS) is 11.0. The minimum Gasteiger partial charge on any atom is -0.398 e. The molecule has 0 amide bonds. The summed E-state index contributed by atoms with van der Waals surface area (Å²) in [5.74, 6) is 0. The Morgan fingerprint density at radius 3 is 2.61 bits per heavy atom. The third-order valence-corrected chi connectivity index (χ3v) is 3.48. The van der Waals surface area contributed by atoms with Crippen molar-refractivity contribution in [3.05, 3.63) is 53.6 Å². The first-order valence-corrected chi connectivity index (χ1v) is 6.14. The van der Waals surface area contributed by atoms with Crippen LogP contribution in [0.25, 0.3) is 22.2 Å². The first kappa shape index (κ1) is 11.2. The molecule has 2 nitrogen and oxygen atoms in total. The molecule has 0 unspecified atom stereocenters. The average Bonchev–Trinajstić information content (AvgIpc) is 2.71. The highest BCUT2D eigenvalue weighted by Crippen LogP contribution is 2.32. The van der Waals surface area contributed by atoms with Crippen LogP contribution in [0.2, 0.25) is 5.02 Å². The molecule has 0 aliphatic carbocycles. The van der Waals surface area contributed by atoms with E-state index in [1.165, 1.54) is 10.9 Å². The largest absolute Gasteiger partial charge is 0.398 e. The molecule has 3 heteroatoms. The number of hydrogen-bond acceptors (Lipinski definition) is 1. The fourth-order valence-corrected chi connectivity index (χ4v) is 2.47. The Hall–Kier alpha value is -1.93. The highest BCUT2D eigenvalue weighted by Gasteiger charge is 2.10. The summed E-state index contributed by atoms with van der Waals surface area (Å²) in [7, 11) is 2.04. The van der Waals surface area contributed by atoms with Crippen molar-refractivity contribution in [1.29, 1.82) is 0 Å². The second kappa shape index (κ2) is 4.07. The number of hydrogen-bond donors (Lipinski definition) is 1. The van der Waals surface area contributed by atoms with Gasteiger partial charge in [0.2, 0.25) is 0 Å². The van der Waals surface area contributed by atoms with Gasteiger partial charge in [-0.1, -0.05) is 29.8 Å². The highest BCUT2D eigenvalue weighted by molar-refractivity contribution is 6.31. The van der Waals surface area contributed by atoms with E-state index in [0.717, 1.165) is 16.9 Å². The topological polar surface area (TPSA) is 30.9 Å². The zero-order valence-electron chi connectivity index (χ0n) is 10.0. The quantitative estimate of drug-likeness (QED) is 0.654. The Labute approximate surface area is 111 Å². The van der Waals surface area contributed by atoms with Gasteiger partial charge in [0.25, 0.3) is 0 Å². The van der Waals surface area contributed by atoms with Crippen LogP contribution in [0, 0.1) is 0 Å². The molecule has 0 atom stereocenters. The lowest BCUT2D eigenvalue weighted by Gasteiger charge is -2.08. The Kier molecular flexibility index (Phi) is 2.53. The fraction of sp³-hybridized carbons (Fsp3) is 0.0667. The standard InChI is InChI=1S/C15H13ClN2/c1-18-14-5-3-2-4-10(14)8-15(18)12-9-11(16)6-7-13(12)17/h2-9H,17H2,1H3. The number of aryl methyl sites for hydroxylation is 1. The molecule has 0 aliphatic heterocycles. The zero-order chi connectivity index (χ0) is 12.7. The summed E-state index contributed by atoms with van der Waals surface area (Å²) < 4.78 is 2.14. The number of nitrogens with zero attached hydrogens (tertiary/aromatic N) is 1. The number of rotatable bonds is 1. The number of halogens is 1. The van der Waals surface area contributed by atoms with E-state index in [-0.39, 0.29) is 0 Å². The molecule has 18 heavy (non-hydrogen) atoms. The van der Waals surface area contributed by atoms with Crippen LogP contribution in [0.15, 0.2) is 48.5 Å². The molecular weight excluding hydrogens is 244 g/mol. The van der Waals surface area contributed by atoms with E-state index in [9.17, 15) is 0 Å². The molecule has 1 heterocycles. The molecular formula is C15H13ClN2. The molecule has 0 fully saturated rings. The first-order chi connectivity index (χ1) is 8.66. The van der Waals surface area contributed by atoms with Gasteiger partial charge < -0.3 is 10.3 Å². The van der Waals surface area contributed by atoms with Crippen LogP contribution in [-0.4, -0.2) is 4.57 Å². The molecule has 2 N–H and O–H groups in total. The summed E-state index contributed by atoms with van der Waals surface area (Å²) in [4.78, 5) is 0. The van der Waals surface area contributed by atoms with Crippen LogP contribution in [0.4, 0.5) is 5.69 Å². The highest BCUT2D eigenvalue weighted by atomic mass is 35.5. The van der Waals surface area contributed by atoms with Crippen molar-refractivity contribution in [1.82, 2.24) is 4.57 Å². The lowest BCUT2D eigenvalue weighted by Crippen LogP contribution is -1.95. The van der Waals surface area contributed by atoms with E-state index in [1.54, 1.807) is 0 Å². The number of benzene rings is 2. The Morgan fingerprint density at radius 1 is 1.06 bits per heavy atom. The van der Waals surface area contributed by atoms with Crippen LogP contribution < -0.4 is 5.73 Å². The number of nitrogens with two attached hydrogens (primary N) is 1. The van der Waals surface area contributed by atoms with Gasteiger partial charge in [-0.3, -0.25) is 0 Å². The van der Waals surface area contributed by atoms with Crippen molar-refractivity contribution in [3.8, 4) is 11.3 Å². The van der Waals surface area contributed by atoms with E-state index >= 15 is 0 Å². The van der Waals surface area contributed by atoms with E-state index in [4.69, 9.17) is 17.3 Å². The molecule has 3 aromatic rings. The summed E-state index contributed by atoms with van der Waals surface area (Å²) in [5, 5.41) is 1.90. The van der Waals surface area contributed by atoms with Crippen LogP contribution in [0.5, 0.6) is 0 Å². The molecule has 0 bridgehead atoms. The maximum Gasteiger partial charge on any atom is 0.0510 e. The van der Waals surface area contributed by atoms with Gasteiger partial charge in [-0.25, -0.2) is 0 Å². The van der Waals surface area contributed by atoms with Crippen molar-refractivity contribution in [2.24, 2.45) is 7.05 Å². The monoisotopic (exact) mass is 256 g/mol. The SMILES string of the molecule is Cn1c(-c2cc(Cl)ccc2N)cc2ccccc21. The average molecular weight is 257 g/mol. The van der Waals surface area contributed by atoms with E-state index in [2.05, 4.69) is 22.8 Å². The van der Waals surface area contributed by atoms with E-state index in [1.807, 2.05) is 37.4 Å². The van der Waals surface area contributed by atoms with Crippen molar-refractivity contribution in [2.45, 2.75) is 0 Å². The van der Waals surface area contributed by atoms with Gasteiger partial charge in [0, 0.05) is 34.2 Å². The Morgan fingerprint density at radius 2 is 1.83 bits per heavy atom. The molecule has 2 aromatic carbocycles. The van der Waals surface area contributed by atoms with Gasteiger partial charge >= 0.3 is 0 Å². The Bertz CT molecular complexity index is 728. The third-order valence-electron chi connectivity index (χ3n) is 3.24. The molecule has 90 valence electrons.